The van der Waals surface area contributed by atoms with Crippen molar-refractivity contribution in [3.05, 3.63) is 21.9 Å². The summed E-state index contributed by atoms with van der Waals surface area (Å²) < 4.78 is 0. The van der Waals surface area contributed by atoms with Crippen molar-refractivity contribution in [3.8, 4) is 0 Å². The molecule has 19 heavy (non-hydrogen) atoms. The second-order valence-electron chi connectivity index (χ2n) is 6.39. The van der Waals surface area contributed by atoms with Gasteiger partial charge in [0, 0.05) is 24.0 Å². The average Bonchev–Trinajstić information content (AvgIpc) is 3.06. The van der Waals surface area contributed by atoms with Crippen LogP contribution < -0.4 is 5.73 Å². The van der Waals surface area contributed by atoms with E-state index in [2.05, 4.69) is 30.2 Å². The Bertz CT molecular complexity index is 416. The van der Waals surface area contributed by atoms with Gasteiger partial charge in [-0.3, -0.25) is 4.90 Å². The molecule has 106 valence electrons. The Kier molecular flexibility index (Phi) is 3.97. The van der Waals surface area contributed by atoms with E-state index in [1.54, 1.807) is 0 Å². The molecule has 1 aliphatic heterocycles. The molecule has 1 aromatic rings. The number of nitrogens with zero attached hydrogens (tertiary/aromatic N) is 1. The van der Waals surface area contributed by atoms with Crippen LogP contribution in [0.25, 0.3) is 0 Å². The van der Waals surface area contributed by atoms with Crippen molar-refractivity contribution >= 4 is 11.3 Å². The summed E-state index contributed by atoms with van der Waals surface area (Å²) in [6, 6.07) is 2.97. The smallest absolute Gasteiger partial charge is 0.0596 e. The Balaban J connectivity index is 1.82. The first-order valence-electron chi connectivity index (χ1n) is 7.74. The highest BCUT2D eigenvalue weighted by Gasteiger charge is 2.40. The maximum atomic E-state index is 6.47. The molecule has 3 heteroatoms. The molecule has 4 unspecified atom stereocenters. The highest BCUT2D eigenvalue weighted by atomic mass is 32.1. The zero-order valence-corrected chi connectivity index (χ0v) is 13.0. The number of fused-ring (bicyclic) bond motifs is 1. The fourth-order valence-corrected chi connectivity index (χ4v) is 5.18. The standard InChI is InChI=1S/C16H26N2S/c1-3-14(17)15(16-11(2)7-8-19-16)18-9-12-5-4-6-13(12)10-18/h7-8,12-15H,3-6,9-10,17H2,1-2H3. The van der Waals surface area contributed by atoms with Crippen molar-refractivity contribution < 1.29 is 0 Å². The Hall–Kier alpha value is -0.380. The van der Waals surface area contributed by atoms with Gasteiger partial charge in [-0.25, -0.2) is 0 Å². The molecular formula is C16H26N2S. The molecule has 2 nitrogen and oxygen atoms in total. The summed E-state index contributed by atoms with van der Waals surface area (Å²) in [4.78, 5) is 4.20. The van der Waals surface area contributed by atoms with E-state index in [9.17, 15) is 0 Å². The molecule has 1 aromatic heterocycles. The van der Waals surface area contributed by atoms with E-state index in [4.69, 9.17) is 5.73 Å². The van der Waals surface area contributed by atoms with Gasteiger partial charge >= 0.3 is 0 Å². The molecular weight excluding hydrogens is 252 g/mol. The van der Waals surface area contributed by atoms with Gasteiger partial charge in [0.25, 0.3) is 0 Å². The number of thiophene rings is 1. The maximum absolute atomic E-state index is 6.47. The summed E-state index contributed by atoms with van der Waals surface area (Å²) in [6.07, 6.45) is 5.40. The van der Waals surface area contributed by atoms with E-state index >= 15 is 0 Å². The number of rotatable bonds is 4. The van der Waals surface area contributed by atoms with Crippen LogP contribution in [0.2, 0.25) is 0 Å². The molecule has 0 amide bonds. The Morgan fingerprint density at radius 1 is 1.37 bits per heavy atom. The molecule has 0 spiro atoms. The molecule has 2 N–H and O–H groups in total. The van der Waals surface area contributed by atoms with Gasteiger partial charge in [-0.2, -0.15) is 0 Å². The van der Waals surface area contributed by atoms with E-state index in [0.717, 1.165) is 18.3 Å². The minimum absolute atomic E-state index is 0.274. The van der Waals surface area contributed by atoms with Gasteiger partial charge in [-0.1, -0.05) is 13.3 Å². The van der Waals surface area contributed by atoms with Crippen molar-refractivity contribution in [1.82, 2.24) is 4.90 Å². The molecule has 2 fully saturated rings. The number of aryl methyl sites for hydroxylation is 1. The number of hydrogen-bond donors (Lipinski definition) is 1. The van der Waals surface area contributed by atoms with E-state index < -0.39 is 0 Å². The van der Waals surface area contributed by atoms with Gasteiger partial charge in [-0.05, 0) is 55.0 Å². The van der Waals surface area contributed by atoms with Crippen LogP contribution in [0.1, 0.15) is 49.1 Å². The van der Waals surface area contributed by atoms with Gasteiger partial charge in [-0.15, -0.1) is 11.3 Å². The van der Waals surface area contributed by atoms with Gasteiger partial charge in [0.15, 0.2) is 0 Å². The molecule has 2 aliphatic rings. The predicted molar refractivity (Wildman–Crippen MR) is 82.5 cm³/mol. The topological polar surface area (TPSA) is 29.3 Å². The van der Waals surface area contributed by atoms with Gasteiger partial charge in [0.2, 0.25) is 0 Å². The first-order valence-corrected chi connectivity index (χ1v) is 8.62. The van der Waals surface area contributed by atoms with Crippen molar-refractivity contribution in [2.45, 2.75) is 51.6 Å². The Labute approximate surface area is 121 Å². The summed E-state index contributed by atoms with van der Waals surface area (Å²) in [7, 11) is 0. The largest absolute Gasteiger partial charge is 0.326 e. The van der Waals surface area contributed by atoms with Crippen LogP contribution in [-0.4, -0.2) is 24.0 Å². The third-order valence-electron chi connectivity index (χ3n) is 5.20. The highest BCUT2D eigenvalue weighted by Crippen LogP contribution is 2.43. The zero-order valence-electron chi connectivity index (χ0n) is 12.1. The van der Waals surface area contributed by atoms with Crippen molar-refractivity contribution in [2.24, 2.45) is 17.6 Å². The number of hydrogen-bond acceptors (Lipinski definition) is 3. The van der Waals surface area contributed by atoms with Crippen molar-refractivity contribution in [1.29, 1.82) is 0 Å². The fraction of sp³-hybridized carbons (Fsp3) is 0.750. The van der Waals surface area contributed by atoms with E-state index in [1.807, 2.05) is 11.3 Å². The van der Waals surface area contributed by atoms with Crippen LogP contribution in [0, 0.1) is 18.8 Å². The fourth-order valence-electron chi connectivity index (χ4n) is 4.04. The average molecular weight is 278 g/mol. The Morgan fingerprint density at radius 2 is 2.05 bits per heavy atom. The summed E-state index contributed by atoms with van der Waals surface area (Å²) in [5, 5.41) is 2.22. The predicted octanol–water partition coefficient (Wildman–Crippen LogP) is 3.57. The summed E-state index contributed by atoms with van der Waals surface area (Å²) in [6.45, 7) is 7.01. The van der Waals surface area contributed by atoms with Crippen LogP contribution in [0.5, 0.6) is 0 Å². The van der Waals surface area contributed by atoms with E-state index in [1.165, 1.54) is 42.8 Å². The maximum Gasteiger partial charge on any atom is 0.0596 e. The lowest BCUT2D eigenvalue weighted by Gasteiger charge is -2.32. The minimum Gasteiger partial charge on any atom is -0.326 e. The van der Waals surface area contributed by atoms with Gasteiger partial charge in [0.1, 0.15) is 0 Å². The zero-order chi connectivity index (χ0) is 13.4. The minimum atomic E-state index is 0.274. The Morgan fingerprint density at radius 3 is 2.58 bits per heavy atom. The van der Waals surface area contributed by atoms with Crippen LogP contribution in [-0.2, 0) is 0 Å². The lowest BCUT2D eigenvalue weighted by Crippen LogP contribution is -2.40. The molecule has 1 saturated heterocycles. The lowest BCUT2D eigenvalue weighted by atomic mass is 10.0. The molecule has 0 aromatic carbocycles. The van der Waals surface area contributed by atoms with E-state index in [0.29, 0.717) is 6.04 Å². The SMILES string of the molecule is CCC(N)C(c1sccc1C)N1CC2CCCC2C1. The third-order valence-corrected chi connectivity index (χ3v) is 6.28. The van der Waals surface area contributed by atoms with Crippen LogP contribution in [0.4, 0.5) is 0 Å². The third kappa shape index (κ3) is 2.48. The molecule has 1 aliphatic carbocycles. The molecule has 0 radical (unpaired) electrons. The van der Waals surface area contributed by atoms with Crippen LogP contribution >= 0.6 is 11.3 Å². The number of nitrogens with two attached hydrogens (primary N) is 1. The summed E-state index contributed by atoms with van der Waals surface area (Å²) in [5.41, 5.74) is 7.90. The first kappa shape index (κ1) is 13.6. The van der Waals surface area contributed by atoms with E-state index in [-0.39, 0.29) is 6.04 Å². The molecule has 2 heterocycles. The summed E-state index contributed by atoms with van der Waals surface area (Å²) >= 11 is 1.89. The number of likely N-dealkylation sites (tertiary alicyclic amines) is 1. The van der Waals surface area contributed by atoms with Gasteiger partial charge < -0.3 is 5.73 Å². The monoisotopic (exact) mass is 278 g/mol. The first-order chi connectivity index (χ1) is 9.20. The molecule has 4 atom stereocenters. The lowest BCUT2D eigenvalue weighted by molar-refractivity contribution is 0.197. The van der Waals surface area contributed by atoms with Gasteiger partial charge in [0.05, 0.1) is 6.04 Å². The van der Waals surface area contributed by atoms with Crippen LogP contribution in [0.3, 0.4) is 0 Å². The van der Waals surface area contributed by atoms with Crippen molar-refractivity contribution in [2.75, 3.05) is 13.1 Å². The second-order valence-corrected chi connectivity index (χ2v) is 7.34. The summed E-state index contributed by atoms with van der Waals surface area (Å²) in [5.74, 6) is 1.90. The quantitative estimate of drug-likeness (QED) is 0.912. The molecule has 1 saturated carbocycles. The normalized spacial score (nSPS) is 30.5. The second kappa shape index (κ2) is 5.55. The molecule has 3 rings (SSSR count). The highest BCUT2D eigenvalue weighted by molar-refractivity contribution is 7.10. The van der Waals surface area contributed by atoms with Crippen LogP contribution in [0.15, 0.2) is 11.4 Å². The van der Waals surface area contributed by atoms with Crippen molar-refractivity contribution in [3.63, 3.8) is 0 Å². The molecule has 0 bridgehead atoms.